The van der Waals surface area contributed by atoms with E-state index in [4.69, 9.17) is 5.73 Å². The van der Waals surface area contributed by atoms with E-state index in [9.17, 15) is 14.0 Å². The molecule has 114 valence electrons. The Balaban J connectivity index is 2.10. The number of rotatable bonds is 5. The summed E-state index contributed by atoms with van der Waals surface area (Å²) in [7, 11) is 0. The molecule has 0 saturated carbocycles. The quantitative estimate of drug-likeness (QED) is 0.886. The molecule has 0 aliphatic rings. The maximum absolute atomic E-state index is 13.1. The largest absolute Gasteiger partial charge is 0.368 e. The van der Waals surface area contributed by atoms with Crippen LogP contribution < -0.4 is 11.1 Å². The van der Waals surface area contributed by atoms with Crippen LogP contribution in [0.1, 0.15) is 21.5 Å². The summed E-state index contributed by atoms with van der Waals surface area (Å²) < 4.78 is 13.1. The van der Waals surface area contributed by atoms with E-state index in [-0.39, 0.29) is 12.0 Å². The predicted molar refractivity (Wildman–Crippen MR) is 81.7 cm³/mol. The number of benzene rings is 2. The molecule has 0 unspecified atom stereocenters. The number of hydrogen-bond donors (Lipinski definition) is 2. The number of halogens is 1. The zero-order chi connectivity index (χ0) is 16.1. The maximum atomic E-state index is 13.1. The number of primary amides is 1. The highest BCUT2D eigenvalue weighted by atomic mass is 19.1. The number of carbonyl (C=O) groups excluding carboxylic acids is 2. The second-order valence-electron chi connectivity index (χ2n) is 5.13. The molecule has 0 heterocycles. The van der Waals surface area contributed by atoms with E-state index < -0.39 is 23.7 Å². The van der Waals surface area contributed by atoms with Crippen LogP contribution >= 0.6 is 0 Å². The minimum absolute atomic E-state index is 0.148. The van der Waals surface area contributed by atoms with Gasteiger partial charge < -0.3 is 11.1 Å². The van der Waals surface area contributed by atoms with Gasteiger partial charge in [-0.1, -0.05) is 35.9 Å². The standard InChI is InChI=1S/C17H17FN2O2/c1-11-5-7-12(8-6-11)9-15(16(19)21)20-17(22)13-3-2-4-14(18)10-13/h2-8,10,15H,9H2,1H3,(H2,19,21)(H,20,22)/t15-/m0/s1. The Hall–Kier alpha value is -2.69. The van der Waals surface area contributed by atoms with Gasteiger partial charge >= 0.3 is 0 Å². The van der Waals surface area contributed by atoms with Crippen molar-refractivity contribution in [3.63, 3.8) is 0 Å². The van der Waals surface area contributed by atoms with Crippen LogP contribution in [0.25, 0.3) is 0 Å². The van der Waals surface area contributed by atoms with Crippen LogP contribution in [0.5, 0.6) is 0 Å². The van der Waals surface area contributed by atoms with E-state index in [1.54, 1.807) is 0 Å². The lowest BCUT2D eigenvalue weighted by Gasteiger charge is -2.16. The lowest BCUT2D eigenvalue weighted by molar-refractivity contribution is -0.119. The molecule has 0 spiro atoms. The Morgan fingerprint density at radius 2 is 1.86 bits per heavy atom. The number of hydrogen-bond acceptors (Lipinski definition) is 2. The van der Waals surface area contributed by atoms with Crippen molar-refractivity contribution in [1.29, 1.82) is 0 Å². The molecule has 1 atom stereocenters. The third-order valence-corrected chi connectivity index (χ3v) is 3.30. The maximum Gasteiger partial charge on any atom is 0.252 e. The van der Waals surface area contributed by atoms with Gasteiger partial charge in [0, 0.05) is 12.0 Å². The number of carbonyl (C=O) groups is 2. The molecule has 3 N–H and O–H groups in total. The summed E-state index contributed by atoms with van der Waals surface area (Å²) in [6, 6.07) is 12.0. The Kier molecular flexibility index (Phi) is 4.88. The molecule has 0 saturated heterocycles. The summed E-state index contributed by atoms with van der Waals surface area (Å²) in [6.07, 6.45) is 0.288. The number of amides is 2. The first-order valence-electron chi connectivity index (χ1n) is 6.87. The van der Waals surface area contributed by atoms with Crippen molar-refractivity contribution >= 4 is 11.8 Å². The summed E-state index contributed by atoms with van der Waals surface area (Å²) in [6.45, 7) is 1.96. The van der Waals surface area contributed by atoms with E-state index >= 15 is 0 Å². The molecular weight excluding hydrogens is 283 g/mol. The first kappa shape index (κ1) is 15.7. The Morgan fingerprint density at radius 1 is 1.18 bits per heavy atom. The van der Waals surface area contributed by atoms with E-state index in [2.05, 4.69) is 5.32 Å². The molecule has 22 heavy (non-hydrogen) atoms. The van der Waals surface area contributed by atoms with Gasteiger partial charge in [0.15, 0.2) is 0 Å². The second kappa shape index (κ2) is 6.85. The van der Waals surface area contributed by atoms with Crippen LogP contribution in [0.4, 0.5) is 4.39 Å². The van der Waals surface area contributed by atoms with Gasteiger partial charge in [-0.3, -0.25) is 9.59 Å². The van der Waals surface area contributed by atoms with Crippen molar-refractivity contribution in [2.24, 2.45) is 5.73 Å². The van der Waals surface area contributed by atoms with Gasteiger partial charge in [0.05, 0.1) is 0 Å². The minimum atomic E-state index is -0.849. The van der Waals surface area contributed by atoms with Gasteiger partial charge in [-0.15, -0.1) is 0 Å². The van der Waals surface area contributed by atoms with Crippen molar-refractivity contribution in [2.75, 3.05) is 0 Å². The summed E-state index contributed by atoms with van der Waals surface area (Å²) in [4.78, 5) is 23.6. The van der Waals surface area contributed by atoms with Crippen LogP contribution in [0.15, 0.2) is 48.5 Å². The molecule has 4 nitrogen and oxygen atoms in total. The van der Waals surface area contributed by atoms with E-state index in [1.807, 2.05) is 31.2 Å². The fourth-order valence-electron chi connectivity index (χ4n) is 2.05. The smallest absolute Gasteiger partial charge is 0.252 e. The molecule has 0 radical (unpaired) electrons. The van der Waals surface area contributed by atoms with Crippen molar-refractivity contribution in [2.45, 2.75) is 19.4 Å². The topological polar surface area (TPSA) is 72.2 Å². The van der Waals surface area contributed by atoms with Crippen LogP contribution in [0.3, 0.4) is 0 Å². The third kappa shape index (κ3) is 4.15. The summed E-state index contributed by atoms with van der Waals surface area (Å²) in [5.74, 6) is -1.68. The highest BCUT2D eigenvalue weighted by molar-refractivity contribution is 5.97. The van der Waals surface area contributed by atoms with Crippen molar-refractivity contribution in [3.8, 4) is 0 Å². The van der Waals surface area contributed by atoms with Gasteiger partial charge in [0.2, 0.25) is 5.91 Å². The minimum Gasteiger partial charge on any atom is -0.368 e. The zero-order valence-electron chi connectivity index (χ0n) is 12.2. The van der Waals surface area contributed by atoms with Crippen molar-refractivity contribution in [1.82, 2.24) is 5.32 Å². The normalized spacial score (nSPS) is 11.7. The van der Waals surface area contributed by atoms with Crippen molar-refractivity contribution < 1.29 is 14.0 Å². The van der Waals surface area contributed by atoms with E-state index in [0.29, 0.717) is 0 Å². The first-order valence-corrected chi connectivity index (χ1v) is 6.87. The molecule has 5 heteroatoms. The van der Waals surface area contributed by atoms with Crippen LogP contribution in [0.2, 0.25) is 0 Å². The monoisotopic (exact) mass is 300 g/mol. The van der Waals surface area contributed by atoms with Gasteiger partial charge in [-0.25, -0.2) is 4.39 Å². The molecule has 0 fully saturated rings. The molecule has 0 aromatic heterocycles. The van der Waals surface area contributed by atoms with Crippen LogP contribution in [0, 0.1) is 12.7 Å². The van der Waals surface area contributed by atoms with Gasteiger partial charge in [-0.2, -0.15) is 0 Å². The number of nitrogens with two attached hydrogens (primary N) is 1. The van der Waals surface area contributed by atoms with Gasteiger partial charge in [0.25, 0.3) is 5.91 Å². The van der Waals surface area contributed by atoms with Crippen LogP contribution in [-0.2, 0) is 11.2 Å². The summed E-state index contributed by atoms with van der Waals surface area (Å²) >= 11 is 0. The first-order chi connectivity index (χ1) is 10.5. The Morgan fingerprint density at radius 3 is 2.45 bits per heavy atom. The third-order valence-electron chi connectivity index (χ3n) is 3.30. The van der Waals surface area contributed by atoms with Gasteiger partial charge in [0.1, 0.15) is 11.9 Å². The fraction of sp³-hybridized carbons (Fsp3) is 0.176. The molecule has 2 amide bonds. The fourth-order valence-corrected chi connectivity index (χ4v) is 2.05. The molecule has 0 aliphatic heterocycles. The van der Waals surface area contributed by atoms with E-state index in [1.165, 1.54) is 18.2 Å². The lowest BCUT2D eigenvalue weighted by Crippen LogP contribution is -2.45. The highest BCUT2D eigenvalue weighted by Gasteiger charge is 2.19. The summed E-state index contributed by atoms with van der Waals surface area (Å²) in [5.41, 5.74) is 7.47. The van der Waals surface area contributed by atoms with Crippen LogP contribution in [-0.4, -0.2) is 17.9 Å². The predicted octanol–water partition coefficient (Wildman–Crippen LogP) is 1.96. The average molecular weight is 300 g/mol. The Labute approximate surface area is 128 Å². The second-order valence-corrected chi connectivity index (χ2v) is 5.13. The molecule has 0 aliphatic carbocycles. The lowest BCUT2D eigenvalue weighted by atomic mass is 10.0. The average Bonchev–Trinajstić information content (AvgIpc) is 2.48. The molecule has 0 bridgehead atoms. The number of aryl methyl sites for hydroxylation is 1. The molecule has 2 rings (SSSR count). The molecule has 2 aromatic rings. The van der Waals surface area contributed by atoms with E-state index in [0.717, 1.165) is 17.2 Å². The zero-order valence-corrected chi connectivity index (χ0v) is 12.2. The SMILES string of the molecule is Cc1ccc(C[C@H](NC(=O)c2cccc(F)c2)C(N)=O)cc1. The Bertz CT molecular complexity index is 683. The molecule has 2 aromatic carbocycles. The summed E-state index contributed by atoms with van der Waals surface area (Å²) in [5, 5.41) is 2.54. The van der Waals surface area contributed by atoms with Crippen molar-refractivity contribution in [3.05, 3.63) is 71.0 Å². The van der Waals surface area contributed by atoms with Gasteiger partial charge in [-0.05, 0) is 30.7 Å². The highest BCUT2D eigenvalue weighted by Crippen LogP contribution is 2.08. The number of nitrogens with one attached hydrogen (secondary N) is 1. The molecular formula is C17H17FN2O2.